The first-order valence-corrected chi connectivity index (χ1v) is 3.28. The average molecular weight is 146 g/mol. The van der Waals surface area contributed by atoms with Crippen LogP contribution in [0.25, 0.3) is 0 Å². The number of hydrogen-bond donors (Lipinski definition) is 1. The molecule has 2 rings (SSSR count). The van der Waals surface area contributed by atoms with E-state index >= 15 is 0 Å². The van der Waals surface area contributed by atoms with Crippen molar-refractivity contribution in [2.75, 3.05) is 6.54 Å². The lowest BCUT2D eigenvalue weighted by atomic mass is 10.3. The minimum Gasteiger partial charge on any atom is -0.266 e. The number of fused-ring (bicyclic) bond motifs is 1. The van der Waals surface area contributed by atoms with Gasteiger partial charge in [0.25, 0.3) is 0 Å². The molecule has 11 heavy (non-hydrogen) atoms. The Morgan fingerprint density at radius 1 is 1.73 bits per heavy atom. The molecule has 4 heteroatoms. The zero-order valence-corrected chi connectivity index (χ0v) is 5.78. The van der Waals surface area contributed by atoms with E-state index in [0.717, 1.165) is 5.82 Å². The molecule has 0 aliphatic carbocycles. The molecule has 2 aliphatic rings. The summed E-state index contributed by atoms with van der Waals surface area (Å²) in [5, 5.41) is 10.4. The van der Waals surface area contributed by atoms with E-state index in [-0.39, 0.29) is 0 Å². The summed E-state index contributed by atoms with van der Waals surface area (Å²) in [6.07, 6.45) is 5.33. The van der Waals surface area contributed by atoms with Crippen molar-refractivity contribution in [1.82, 2.24) is 10.4 Å². The number of allylic oxidation sites excluding steroid dienone is 1. The van der Waals surface area contributed by atoms with Gasteiger partial charge >= 0.3 is 0 Å². The molecular weight excluding hydrogens is 140 g/mol. The standard InChI is InChI=1S/C7H6N4/c8-4-6-5-10-11-3-1-2-9-7(6)11/h1-3,10H,5H2. The fourth-order valence-electron chi connectivity index (χ4n) is 1.05. The van der Waals surface area contributed by atoms with Crippen LogP contribution in [0.1, 0.15) is 0 Å². The number of nitrogens with zero attached hydrogens (tertiary/aromatic N) is 3. The van der Waals surface area contributed by atoms with E-state index in [2.05, 4.69) is 16.5 Å². The van der Waals surface area contributed by atoms with Gasteiger partial charge in [-0.2, -0.15) is 5.26 Å². The van der Waals surface area contributed by atoms with E-state index in [4.69, 9.17) is 5.26 Å². The molecule has 54 valence electrons. The summed E-state index contributed by atoms with van der Waals surface area (Å²) in [6.45, 7) is 0.577. The summed E-state index contributed by atoms with van der Waals surface area (Å²) in [7, 11) is 0. The van der Waals surface area contributed by atoms with Crippen LogP contribution in [0.5, 0.6) is 0 Å². The lowest BCUT2D eigenvalue weighted by molar-refractivity contribution is 0.383. The molecule has 0 atom stereocenters. The molecule has 0 saturated heterocycles. The van der Waals surface area contributed by atoms with E-state index in [1.165, 1.54) is 0 Å². The minimum absolute atomic E-state index is 0.577. The Hall–Kier alpha value is -1.60. The Morgan fingerprint density at radius 3 is 3.45 bits per heavy atom. The summed E-state index contributed by atoms with van der Waals surface area (Å²) in [6, 6.07) is 2.09. The van der Waals surface area contributed by atoms with Crippen LogP contribution in [-0.4, -0.2) is 17.8 Å². The molecule has 0 bridgehead atoms. The third kappa shape index (κ3) is 0.827. The number of nitriles is 1. The number of hydrogen-bond acceptors (Lipinski definition) is 4. The van der Waals surface area contributed by atoms with Gasteiger partial charge in [-0.25, -0.2) is 10.4 Å². The van der Waals surface area contributed by atoms with Crippen LogP contribution in [0, 0.1) is 11.3 Å². The highest BCUT2D eigenvalue weighted by Gasteiger charge is 2.20. The maximum Gasteiger partial charge on any atom is 0.162 e. The minimum atomic E-state index is 0.577. The third-order valence-electron chi connectivity index (χ3n) is 1.58. The first kappa shape index (κ1) is 6.13. The molecular formula is C7H6N4. The second-order valence-electron chi connectivity index (χ2n) is 2.24. The lowest BCUT2D eigenvalue weighted by Gasteiger charge is -2.15. The van der Waals surface area contributed by atoms with Gasteiger partial charge in [0, 0.05) is 12.4 Å². The highest BCUT2D eigenvalue weighted by molar-refractivity contribution is 5.73. The molecule has 0 spiro atoms. The van der Waals surface area contributed by atoms with Crippen LogP contribution >= 0.6 is 0 Å². The largest absolute Gasteiger partial charge is 0.266 e. The molecule has 1 N–H and O–H groups in total. The van der Waals surface area contributed by atoms with E-state index < -0.39 is 0 Å². The van der Waals surface area contributed by atoms with Crippen LogP contribution in [0.4, 0.5) is 0 Å². The van der Waals surface area contributed by atoms with Crippen molar-refractivity contribution >= 4 is 6.21 Å². The predicted molar refractivity (Wildman–Crippen MR) is 40.1 cm³/mol. The van der Waals surface area contributed by atoms with E-state index in [9.17, 15) is 0 Å². The molecule has 0 aromatic heterocycles. The van der Waals surface area contributed by atoms with Gasteiger partial charge in [-0.05, 0) is 6.08 Å². The molecule has 2 heterocycles. The maximum absolute atomic E-state index is 8.63. The summed E-state index contributed by atoms with van der Waals surface area (Å²) in [5.41, 5.74) is 3.68. The van der Waals surface area contributed by atoms with Crippen molar-refractivity contribution in [3.8, 4) is 6.07 Å². The monoisotopic (exact) mass is 146 g/mol. The molecule has 0 aromatic rings. The Kier molecular flexibility index (Phi) is 1.24. The quantitative estimate of drug-likeness (QED) is 0.529. The highest BCUT2D eigenvalue weighted by atomic mass is 15.5. The Bertz CT molecular complexity index is 305. The maximum atomic E-state index is 8.63. The fraction of sp³-hybridized carbons (Fsp3) is 0.143. The van der Waals surface area contributed by atoms with Gasteiger partial charge in [0.15, 0.2) is 5.82 Å². The van der Waals surface area contributed by atoms with Gasteiger partial charge in [-0.3, -0.25) is 5.01 Å². The number of hydrazine groups is 1. The van der Waals surface area contributed by atoms with Crippen molar-refractivity contribution in [3.63, 3.8) is 0 Å². The lowest BCUT2D eigenvalue weighted by Crippen LogP contribution is -2.26. The van der Waals surface area contributed by atoms with Gasteiger partial charge in [0.1, 0.15) is 6.07 Å². The van der Waals surface area contributed by atoms with Crippen LogP contribution < -0.4 is 5.43 Å². The molecule has 4 nitrogen and oxygen atoms in total. The van der Waals surface area contributed by atoms with Gasteiger partial charge in [-0.1, -0.05) is 0 Å². The predicted octanol–water partition coefficient (Wildman–Crippen LogP) is 0.140. The topological polar surface area (TPSA) is 51.4 Å². The van der Waals surface area contributed by atoms with Crippen molar-refractivity contribution < 1.29 is 0 Å². The number of nitrogens with one attached hydrogen (secondary N) is 1. The first-order valence-electron chi connectivity index (χ1n) is 3.28. The first-order chi connectivity index (χ1) is 5.42. The van der Waals surface area contributed by atoms with Gasteiger partial charge < -0.3 is 0 Å². The summed E-state index contributed by atoms with van der Waals surface area (Å²) < 4.78 is 0. The molecule has 0 amide bonds. The Labute approximate surface area is 64.1 Å². The summed E-state index contributed by atoms with van der Waals surface area (Å²) >= 11 is 0. The molecule has 0 fully saturated rings. The van der Waals surface area contributed by atoms with Crippen LogP contribution in [0.3, 0.4) is 0 Å². The normalized spacial score (nSPS) is 20.5. The summed E-state index contributed by atoms with van der Waals surface area (Å²) in [4.78, 5) is 4.05. The average Bonchev–Trinajstić information content (AvgIpc) is 2.47. The third-order valence-corrected chi connectivity index (χ3v) is 1.58. The van der Waals surface area contributed by atoms with Crippen molar-refractivity contribution in [3.05, 3.63) is 23.7 Å². The number of rotatable bonds is 0. The Balaban J connectivity index is 2.42. The van der Waals surface area contributed by atoms with Crippen molar-refractivity contribution in [2.45, 2.75) is 0 Å². The Morgan fingerprint density at radius 2 is 2.64 bits per heavy atom. The SMILES string of the molecule is N#CC1=C2N=CC=CN2NC1. The van der Waals surface area contributed by atoms with Crippen LogP contribution in [-0.2, 0) is 0 Å². The van der Waals surface area contributed by atoms with Crippen LogP contribution in [0.15, 0.2) is 28.7 Å². The van der Waals surface area contributed by atoms with Gasteiger partial charge in [0.05, 0.1) is 12.1 Å². The van der Waals surface area contributed by atoms with E-state index in [1.807, 2.05) is 12.3 Å². The molecule has 0 aromatic carbocycles. The van der Waals surface area contributed by atoms with E-state index in [0.29, 0.717) is 12.1 Å². The van der Waals surface area contributed by atoms with Crippen molar-refractivity contribution in [2.24, 2.45) is 4.99 Å². The zero-order chi connectivity index (χ0) is 7.68. The molecule has 0 unspecified atom stereocenters. The molecule has 0 radical (unpaired) electrons. The second-order valence-corrected chi connectivity index (χ2v) is 2.24. The molecule has 0 saturated carbocycles. The second kappa shape index (κ2) is 2.22. The van der Waals surface area contributed by atoms with Gasteiger partial charge in [-0.15, -0.1) is 0 Å². The van der Waals surface area contributed by atoms with Gasteiger partial charge in [0.2, 0.25) is 0 Å². The van der Waals surface area contributed by atoms with Crippen molar-refractivity contribution in [1.29, 1.82) is 5.26 Å². The zero-order valence-electron chi connectivity index (χ0n) is 5.78. The molecule has 2 aliphatic heterocycles. The highest BCUT2D eigenvalue weighted by Crippen LogP contribution is 2.17. The van der Waals surface area contributed by atoms with E-state index in [1.54, 1.807) is 11.2 Å². The summed E-state index contributed by atoms with van der Waals surface area (Å²) in [5.74, 6) is 0.718. The smallest absolute Gasteiger partial charge is 0.162 e. The number of aliphatic imine (C=N–C) groups is 1. The van der Waals surface area contributed by atoms with Crippen LogP contribution in [0.2, 0.25) is 0 Å². The fourth-order valence-corrected chi connectivity index (χ4v) is 1.05.